The first-order valence-corrected chi connectivity index (χ1v) is 6.98. The van der Waals surface area contributed by atoms with Crippen LogP contribution in [0.25, 0.3) is 0 Å². The summed E-state index contributed by atoms with van der Waals surface area (Å²) in [5, 5.41) is 2.86. The van der Waals surface area contributed by atoms with Gasteiger partial charge in [-0.3, -0.25) is 9.69 Å². The van der Waals surface area contributed by atoms with Crippen molar-refractivity contribution in [2.75, 3.05) is 44.9 Å². The van der Waals surface area contributed by atoms with Crippen LogP contribution in [0.2, 0.25) is 0 Å². The van der Waals surface area contributed by atoms with Gasteiger partial charge in [-0.15, -0.1) is 12.4 Å². The number of ether oxygens (including phenoxy) is 3. The first-order valence-electron chi connectivity index (χ1n) is 6.98. The number of nitrogens with one attached hydrogen (secondary N) is 1. The van der Waals surface area contributed by atoms with E-state index in [1.807, 2.05) is 4.90 Å². The Bertz CT molecular complexity index is 529. The van der Waals surface area contributed by atoms with Crippen LogP contribution in [0.5, 0.6) is 11.5 Å². The Morgan fingerprint density at radius 1 is 1.36 bits per heavy atom. The number of fused-ring (bicyclic) bond motifs is 1. The van der Waals surface area contributed by atoms with E-state index in [9.17, 15) is 4.79 Å². The monoisotopic (exact) mass is 329 g/mol. The van der Waals surface area contributed by atoms with E-state index in [0.29, 0.717) is 43.4 Å². The Morgan fingerprint density at radius 3 is 3.00 bits per heavy atom. The minimum Gasteiger partial charge on any atom is -0.454 e. The Morgan fingerprint density at radius 2 is 2.18 bits per heavy atom. The Labute approximate surface area is 135 Å². The molecule has 0 saturated carbocycles. The van der Waals surface area contributed by atoms with Crippen LogP contribution >= 0.6 is 12.4 Å². The molecular weight excluding hydrogens is 310 g/mol. The molecule has 7 nitrogen and oxygen atoms in total. The van der Waals surface area contributed by atoms with Crippen molar-refractivity contribution < 1.29 is 19.0 Å². The number of carbonyl (C=O) groups excluding carboxylic acids is 1. The summed E-state index contributed by atoms with van der Waals surface area (Å²) in [5.74, 6) is 1.29. The maximum Gasteiger partial charge on any atom is 0.238 e. The van der Waals surface area contributed by atoms with E-state index in [2.05, 4.69) is 5.32 Å². The third-order valence-electron chi connectivity index (χ3n) is 3.51. The molecule has 1 fully saturated rings. The molecule has 0 spiro atoms. The van der Waals surface area contributed by atoms with Crippen molar-refractivity contribution in [1.82, 2.24) is 4.90 Å². The number of amides is 1. The van der Waals surface area contributed by atoms with Crippen molar-refractivity contribution in [3.05, 3.63) is 18.2 Å². The van der Waals surface area contributed by atoms with Crippen molar-refractivity contribution >= 4 is 24.0 Å². The number of morpholine rings is 1. The largest absolute Gasteiger partial charge is 0.454 e. The van der Waals surface area contributed by atoms with Gasteiger partial charge < -0.3 is 25.3 Å². The first kappa shape index (κ1) is 16.8. The third-order valence-corrected chi connectivity index (χ3v) is 3.51. The highest BCUT2D eigenvalue weighted by Crippen LogP contribution is 2.34. The minimum atomic E-state index is -0.0634. The van der Waals surface area contributed by atoms with E-state index >= 15 is 0 Å². The van der Waals surface area contributed by atoms with Crippen LogP contribution in [-0.4, -0.2) is 56.5 Å². The van der Waals surface area contributed by atoms with Gasteiger partial charge in [-0.05, 0) is 12.1 Å². The zero-order valence-corrected chi connectivity index (χ0v) is 12.9. The molecule has 22 heavy (non-hydrogen) atoms. The van der Waals surface area contributed by atoms with Crippen LogP contribution in [0.4, 0.5) is 5.69 Å². The summed E-state index contributed by atoms with van der Waals surface area (Å²) < 4.78 is 16.0. The number of hydrogen-bond acceptors (Lipinski definition) is 6. The number of nitrogens with zero attached hydrogens (tertiary/aromatic N) is 1. The molecule has 3 N–H and O–H groups in total. The van der Waals surface area contributed by atoms with Crippen molar-refractivity contribution in [1.29, 1.82) is 0 Å². The van der Waals surface area contributed by atoms with Crippen LogP contribution in [0.1, 0.15) is 0 Å². The van der Waals surface area contributed by atoms with Gasteiger partial charge in [0, 0.05) is 31.4 Å². The fourth-order valence-electron chi connectivity index (χ4n) is 2.44. The Kier molecular flexibility index (Phi) is 5.84. The molecule has 0 bridgehead atoms. The van der Waals surface area contributed by atoms with Crippen molar-refractivity contribution in [2.24, 2.45) is 5.73 Å². The van der Waals surface area contributed by atoms with Gasteiger partial charge in [-0.25, -0.2) is 0 Å². The lowest BCUT2D eigenvalue weighted by atomic mass is 10.2. The molecule has 1 saturated heterocycles. The Balaban J connectivity index is 0.00000176. The molecule has 1 amide bonds. The summed E-state index contributed by atoms with van der Waals surface area (Å²) in [5.41, 5.74) is 6.30. The normalized spacial score (nSPS) is 20.3. The molecule has 2 heterocycles. The highest BCUT2D eigenvalue weighted by Gasteiger charge is 2.21. The van der Waals surface area contributed by atoms with Crippen LogP contribution in [0, 0.1) is 0 Å². The summed E-state index contributed by atoms with van der Waals surface area (Å²) in [4.78, 5) is 14.1. The molecule has 0 aromatic heterocycles. The van der Waals surface area contributed by atoms with Gasteiger partial charge in [0.15, 0.2) is 11.5 Å². The molecule has 0 aliphatic carbocycles. The highest BCUT2D eigenvalue weighted by atomic mass is 35.5. The zero-order chi connectivity index (χ0) is 14.7. The minimum absolute atomic E-state index is 0. The quantitative estimate of drug-likeness (QED) is 0.833. The number of carbonyl (C=O) groups is 1. The van der Waals surface area contributed by atoms with Crippen LogP contribution in [-0.2, 0) is 9.53 Å². The van der Waals surface area contributed by atoms with Gasteiger partial charge in [0.1, 0.15) is 0 Å². The smallest absolute Gasteiger partial charge is 0.238 e. The average Bonchev–Trinajstić information content (AvgIpc) is 2.95. The van der Waals surface area contributed by atoms with Crippen molar-refractivity contribution in [3.63, 3.8) is 0 Å². The van der Waals surface area contributed by atoms with Crippen LogP contribution in [0.15, 0.2) is 18.2 Å². The van der Waals surface area contributed by atoms with E-state index in [1.165, 1.54) is 0 Å². The molecule has 1 unspecified atom stereocenters. The predicted molar refractivity (Wildman–Crippen MR) is 83.7 cm³/mol. The number of nitrogens with two attached hydrogens (primary N) is 1. The van der Waals surface area contributed by atoms with Gasteiger partial charge in [0.2, 0.25) is 12.7 Å². The lowest BCUT2D eigenvalue weighted by Gasteiger charge is -2.31. The molecule has 3 rings (SSSR count). The molecule has 122 valence electrons. The van der Waals surface area contributed by atoms with Crippen LogP contribution < -0.4 is 20.5 Å². The summed E-state index contributed by atoms with van der Waals surface area (Å²) in [6, 6.07) is 5.35. The molecule has 1 aromatic carbocycles. The fourth-order valence-corrected chi connectivity index (χ4v) is 2.44. The van der Waals surface area contributed by atoms with Gasteiger partial charge in [0.25, 0.3) is 0 Å². The van der Waals surface area contributed by atoms with E-state index < -0.39 is 0 Å². The Hall–Kier alpha value is -1.54. The van der Waals surface area contributed by atoms with E-state index in [0.717, 1.165) is 6.54 Å². The predicted octanol–water partition coefficient (Wildman–Crippen LogP) is 0.435. The summed E-state index contributed by atoms with van der Waals surface area (Å²) >= 11 is 0. The molecule has 1 atom stereocenters. The number of anilines is 1. The first-order chi connectivity index (χ1) is 10.2. The van der Waals surface area contributed by atoms with Gasteiger partial charge in [0.05, 0.1) is 19.3 Å². The van der Waals surface area contributed by atoms with Gasteiger partial charge in [-0.2, -0.15) is 0 Å². The van der Waals surface area contributed by atoms with Crippen molar-refractivity contribution in [2.45, 2.75) is 6.10 Å². The summed E-state index contributed by atoms with van der Waals surface area (Å²) in [6.45, 7) is 3.06. The molecule has 8 heteroatoms. The molecular formula is C14H20ClN3O4. The van der Waals surface area contributed by atoms with Gasteiger partial charge >= 0.3 is 0 Å². The lowest BCUT2D eigenvalue weighted by Crippen LogP contribution is -2.48. The number of benzene rings is 1. The fraction of sp³-hybridized carbons (Fsp3) is 0.500. The average molecular weight is 330 g/mol. The zero-order valence-electron chi connectivity index (χ0n) is 12.1. The maximum atomic E-state index is 12.1. The van der Waals surface area contributed by atoms with Gasteiger partial charge in [-0.1, -0.05) is 0 Å². The number of rotatable bonds is 4. The standard InChI is InChI=1S/C14H19N3O4.ClH/c15-6-11-7-17(3-4-19-11)8-14(18)16-10-1-2-12-13(5-10)21-9-20-12;/h1-2,5,11H,3-4,6-9,15H2,(H,16,18);1H. The second-order valence-corrected chi connectivity index (χ2v) is 5.08. The molecule has 0 radical (unpaired) electrons. The third kappa shape index (κ3) is 4.01. The summed E-state index contributed by atoms with van der Waals surface area (Å²) in [6.07, 6.45) is 0.0112. The number of halogens is 1. The SMILES string of the molecule is Cl.NCC1CN(CC(=O)Nc2ccc3c(c2)OCO3)CCO1. The molecule has 1 aromatic rings. The lowest BCUT2D eigenvalue weighted by molar-refractivity contribution is -0.119. The second kappa shape index (κ2) is 7.64. The highest BCUT2D eigenvalue weighted by molar-refractivity contribution is 5.92. The maximum absolute atomic E-state index is 12.1. The van der Waals surface area contributed by atoms with Crippen LogP contribution in [0.3, 0.4) is 0 Å². The number of hydrogen-bond donors (Lipinski definition) is 2. The van der Waals surface area contributed by atoms with E-state index in [-0.39, 0.29) is 31.2 Å². The van der Waals surface area contributed by atoms with E-state index in [1.54, 1.807) is 18.2 Å². The molecule has 2 aliphatic rings. The van der Waals surface area contributed by atoms with Crippen molar-refractivity contribution in [3.8, 4) is 11.5 Å². The second-order valence-electron chi connectivity index (χ2n) is 5.08. The van der Waals surface area contributed by atoms with E-state index in [4.69, 9.17) is 19.9 Å². The topological polar surface area (TPSA) is 86.1 Å². The molecule has 2 aliphatic heterocycles. The summed E-state index contributed by atoms with van der Waals surface area (Å²) in [7, 11) is 0.